The number of rotatable bonds is 5. The molecule has 1 N–H and O–H groups in total. The van der Waals surface area contributed by atoms with E-state index in [0.717, 1.165) is 23.7 Å². The maximum atomic E-state index is 10.1. The van der Waals surface area contributed by atoms with Gasteiger partial charge >= 0.3 is 0 Å². The zero-order chi connectivity index (χ0) is 13.8. The predicted molar refractivity (Wildman–Crippen MR) is 81.7 cm³/mol. The second kappa shape index (κ2) is 6.72. The molecule has 1 rings (SSSR count). The molecule has 2 unspecified atom stereocenters. The summed E-state index contributed by atoms with van der Waals surface area (Å²) in [5.74, 6) is 0.565. The molecule has 0 aliphatic rings. The summed E-state index contributed by atoms with van der Waals surface area (Å²) in [5, 5.41) is 10.1. The fourth-order valence-electron chi connectivity index (χ4n) is 2.57. The first-order valence-electron chi connectivity index (χ1n) is 6.69. The number of aliphatic hydroxyl groups is 1. The minimum Gasteiger partial charge on any atom is -0.393 e. The molecule has 2 atom stereocenters. The van der Waals surface area contributed by atoms with Crippen LogP contribution in [-0.4, -0.2) is 11.2 Å². The van der Waals surface area contributed by atoms with Gasteiger partial charge in [0.05, 0.1) is 6.10 Å². The highest BCUT2D eigenvalue weighted by Gasteiger charge is 2.18. The van der Waals surface area contributed by atoms with Crippen molar-refractivity contribution < 1.29 is 5.11 Å². The van der Waals surface area contributed by atoms with Crippen LogP contribution in [0.5, 0.6) is 0 Å². The van der Waals surface area contributed by atoms with Gasteiger partial charge < -0.3 is 5.11 Å². The summed E-state index contributed by atoms with van der Waals surface area (Å²) >= 11 is 3.42. The van der Waals surface area contributed by atoms with E-state index < -0.39 is 0 Å². The predicted octanol–water partition coefficient (Wildman–Crippen LogP) is 4.81. The number of hydrogen-bond donors (Lipinski definition) is 1. The molecule has 0 radical (unpaired) electrons. The number of aliphatic hydroxyl groups excluding tert-OH is 1. The third-order valence-electron chi connectivity index (χ3n) is 3.02. The van der Waals surface area contributed by atoms with Crippen molar-refractivity contribution in [2.75, 3.05) is 0 Å². The summed E-state index contributed by atoms with van der Waals surface area (Å²) in [5.41, 5.74) is 1.55. The maximum absolute atomic E-state index is 10.1. The van der Waals surface area contributed by atoms with Crippen LogP contribution in [0.15, 0.2) is 28.7 Å². The third-order valence-corrected chi connectivity index (χ3v) is 3.55. The molecule has 0 saturated heterocycles. The van der Waals surface area contributed by atoms with Gasteiger partial charge in [-0.1, -0.05) is 55.8 Å². The standard InChI is InChI=1S/C16H25BrO/c1-12(11-16(2,3)4)9-15(18)10-13-5-7-14(17)8-6-13/h5-8,12,15,18H,9-11H2,1-4H3. The molecule has 1 nitrogen and oxygen atoms in total. The molecule has 0 aliphatic heterocycles. The first kappa shape index (κ1) is 15.7. The van der Waals surface area contributed by atoms with Gasteiger partial charge in [-0.05, 0) is 48.3 Å². The van der Waals surface area contributed by atoms with E-state index in [1.165, 1.54) is 5.56 Å². The van der Waals surface area contributed by atoms with Crippen LogP contribution in [-0.2, 0) is 6.42 Å². The van der Waals surface area contributed by atoms with Crippen molar-refractivity contribution in [2.45, 2.75) is 53.1 Å². The van der Waals surface area contributed by atoms with Crippen molar-refractivity contribution >= 4 is 15.9 Å². The molecule has 102 valence electrons. The largest absolute Gasteiger partial charge is 0.393 e. The van der Waals surface area contributed by atoms with Gasteiger partial charge in [-0.25, -0.2) is 0 Å². The van der Waals surface area contributed by atoms with Crippen LogP contribution in [0, 0.1) is 11.3 Å². The Bertz CT molecular complexity index is 350. The van der Waals surface area contributed by atoms with E-state index in [4.69, 9.17) is 0 Å². The van der Waals surface area contributed by atoms with Gasteiger partial charge in [0, 0.05) is 4.47 Å². The molecule has 0 amide bonds. The highest BCUT2D eigenvalue weighted by molar-refractivity contribution is 9.10. The fourth-order valence-corrected chi connectivity index (χ4v) is 2.83. The number of hydrogen-bond acceptors (Lipinski definition) is 1. The Morgan fingerprint density at radius 2 is 1.72 bits per heavy atom. The van der Waals surface area contributed by atoms with E-state index in [-0.39, 0.29) is 6.10 Å². The van der Waals surface area contributed by atoms with Gasteiger partial charge in [-0.15, -0.1) is 0 Å². The molecule has 0 bridgehead atoms. The van der Waals surface area contributed by atoms with Crippen molar-refractivity contribution in [3.8, 4) is 0 Å². The normalized spacial score (nSPS) is 15.4. The van der Waals surface area contributed by atoms with E-state index in [1.54, 1.807) is 0 Å². The molecule has 0 spiro atoms. The smallest absolute Gasteiger partial charge is 0.0583 e. The van der Waals surface area contributed by atoms with Gasteiger partial charge in [0.2, 0.25) is 0 Å². The van der Waals surface area contributed by atoms with E-state index in [9.17, 15) is 5.11 Å². The summed E-state index contributed by atoms with van der Waals surface area (Å²) in [7, 11) is 0. The van der Waals surface area contributed by atoms with E-state index in [0.29, 0.717) is 11.3 Å². The van der Waals surface area contributed by atoms with Gasteiger partial charge in [-0.2, -0.15) is 0 Å². The molecule has 0 aliphatic carbocycles. The van der Waals surface area contributed by atoms with Gasteiger partial charge in [0.25, 0.3) is 0 Å². The Morgan fingerprint density at radius 3 is 2.22 bits per heavy atom. The first-order valence-corrected chi connectivity index (χ1v) is 7.48. The molecule has 1 aromatic rings. The Kier molecular flexibility index (Phi) is 5.87. The van der Waals surface area contributed by atoms with Gasteiger partial charge in [0.15, 0.2) is 0 Å². The quantitative estimate of drug-likeness (QED) is 0.826. The molecule has 18 heavy (non-hydrogen) atoms. The SMILES string of the molecule is CC(CC(O)Cc1ccc(Br)cc1)CC(C)(C)C. The molecule has 0 fully saturated rings. The van der Waals surface area contributed by atoms with Crippen molar-refractivity contribution in [1.82, 2.24) is 0 Å². The Hall–Kier alpha value is -0.340. The van der Waals surface area contributed by atoms with Crippen LogP contribution < -0.4 is 0 Å². The van der Waals surface area contributed by atoms with Crippen molar-refractivity contribution in [1.29, 1.82) is 0 Å². The van der Waals surface area contributed by atoms with Crippen LogP contribution in [0.3, 0.4) is 0 Å². The van der Waals surface area contributed by atoms with E-state index in [1.807, 2.05) is 12.1 Å². The average molecular weight is 313 g/mol. The molecule has 1 aromatic carbocycles. The van der Waals surface area contributed by atoms with Crippen LogP contribution in [0.4, 0.5) is 0 Å². The van der Waals surface area contributed by atoms with Crippen molar-refractivity contribution in [3.05, 3.63) is 34.3 Å². The summed E-state index contributed by atoms with van der Waals surface area (Å²) in [4.78, 5) is 0. The van der Waals surface area contributed by atoms with Crippen molar-refractivity contribution in [3.63, 3.8) is 0 Å². The van der Waals surface area contributed by atoms with Crippen LogP contribution in [0.1, 0.15) is 46.1 Å². The molecular formula is C16H25BrO. The number of benzene rings is 1. The average Bonchev–Trinajstić information content (AvgIpc) is 2.18. The monoisotopic (exact) mass is 312 g/mol. The van der Waals surface area contributed by atoms with Gasteiger partial charge in [0.1, 0.15) is 0 Å². The maximum Gasteiger partial charge on any atom is 0.0583 e. The van der Waals surface area contributed by atoms with Crippen molar-refractivity contribution in [2.24, 2.45) is 11.3 Å². The van der Waals surface area contributed by atoms with Gasteiger partial charge in [-0.3, -0.25) is 0 Å². The lowest BCUT2D eigenvalue weighted by molar-refractivity contribution is 0.133. The minimum atomic E-state index is -0.233. The molecule has 2 heteroatoms. The van der Waals surface area contributed by atoms with Crippen LogP contribution in [0.25, 0.3) is 0 Å². The Labute approximate surface area is 120 Å². The van der Waals surface area contributed by atoms with Crippen LogP contribution in [0.2, 0.25) is 0 Å². The second-order valence-electron chi connectivity index (χ2n) is 6.59. The zero-order valence-corrected chi connectivity index (χ0v) is 13.5. The molecule has 0 aromatic heterocycles. The highest BCUT2D eigenvalue weighted by atomic mass is 79.9. The lowest BCUT2D eigenvalue weighted by Gasteiger charge is -2.24. The fraction of sp³-hybridized carbons (Fsp3) is 0.625. The second-order valence-corrected chi connectivity index (χ2v) is 7.51. The lowest BCUT2D eigenvalue weighted by atomic mass is 9.83. The summed E-state index contributed by atoms with van der Waals surface area (Å²) in [6.07, 6.45) is 2.56. The summed E-state index contributed by atoms with van der Waals surface area (Å²) in [6, 6.07) is 8.20. The number of halogens is 1. The molecular weight excluding hydrogens is 288 g/mol. The van der Waals surface area contributed by atoms with Crippen LogP contribution >= 0.6 is 15.9 Å². The zero-order valence-electron chi connectivity index (χ0n) is 11.9. The Balaban J connectivity index is 2.41. The van der Waals surface area contributed by atoms with E-state index >= 15 is 0 Å². The Morgan fingerprint density at radius 1 is 1.17 bits per heavy atom. The molecule has 0 heterocycles. The molecule has 0 saturated carbocycles. The lowest BCUT2D eigenvalue weighted by Crippen LogP contribution is -2.18. The summed E-state index contributed by atoms with van der Waals surface area (Å²) in [6.45, 7) is 9.00. The summed E-state index contributed by atoms with van der Waals surface area (Å²) < 4.78 is 1.09. The highest BCUT2D eigenvalue weighted by Crippen LogP contribution is 2.27. The third kappa shape index (κ3) is 6.55. The van der Waals surface area contributed by atoms with E-state index in [2.05, 4.69) is 55.8 Å². The first-order chi connectivity index (χ1) is 8.26. The minimum absolute atomic E-state index is 0.233. The topological polar surface area (TPSA) is 20.2 Å².